The minimum absolute atomic E-state index is 0.0277. The number of carbonyl (C=O) groups excluding carboxylic acids is 1. The molecule has 0 saturated heterocycles. The van der Waals surface area contributed by atoms with Crippen molar-refractivity contribution in [1.82, 2.24) is 9.97 Å². The van der Waals surface area contributed by atoms with Crippen molar-refractivity contribution in [2.24, 2.45) is 0 Å². The Balaban J connectivity index is 1.85. The molecule has 100 valence electrons. The molecule has 4 nitrogen and oxygen atoms in total. The van der Waals surface area contributed by atoms with Crippen LogP contribution in [0.1, 0.15) is 10.4 Å². The highest BCUT2D eigenvalue weighted by molar-refractivity contribution is 6.04. The lowest BCUT2D eigenvalue weighted by Crippen LogP contribution is -2.13. The highest BCUT2D eigenvalue weighted by Gasteiger charge is 2.10. The number of hydrogen-bond acceptors (Lipinski definition) is 2. The molecule has 0 aliphatic rings. The number of rotatable bonds is 2. The second-order valence-electron chi connectivity index (χ2n) is 4.22. The van der Waals surface area contributed by atoms with Crippen LogP contribution in [0.2, 0.25) is 0 Å². The van der Waals surface area contributed by atoms with Gasteiger partial charge in [0.05, 0.1) is 11.7 Å². The smallest absolute Gasteiger partial charge is 0.256 e. The lowest BCUT2D eigenvalue weighted by molar-refractivity contribution is 0.102. The van der Waals surface area contributed by atoms with Crippen LogP contribution >= 0.6 is 0 Å². The fourth-order valence-corrected chi connectivity index (χ4v) is 1.84. The lowest BCUT2D eigenvalue weighted by Gasteiger charge is -2.05. The third-order valence-electron chi connectivity index (χ3n) is 2.86. The molecule has 1 amide bonds. The van der Waals surface area contributed by atoms with Crippen LogP contribution in [0.15, 0.2) is 42.7 Å². The molecule has 2 N–H and O–H groups in total. The first-order valence-corrected chi connectivity index (χ1v) is 5.83. The highest BCUT2D eigenvalue weighted by Crippen LogP contribution is 2.16. The molecule has 0 saturated carbocycles. The molecular weight excluding hydrogens is 264 g/mol. The number of nitrogens with one attached hydrogen (secondary N) is 2. The average Bonchev–Trinajstić information content (AvgIpc) is 2.89. The van der Waals surface area contributed by atoms with E-state index < -0.39 is 17.5 Å². The van der Waals surface area contributed by atoms with Gasteiger partial charge in [-0.1, -0.05) is 0 Å². The van der Waals surface area contributed by atoms with Gasteiger partial charge in [0.25, 0.3) is 5.91 Å². The van der Waals surface area contributed by atoms with Crippen LogP contribution in [0.25, 0.3) is 10.9 Å². The molecule has 0 fully saturated rings. The van der Waals surface area contributed by atoms with Gasteiger partial charge < -0.3 is 10.3 Å². The maximum Gasteiger partial charge on any atom is 0.256 e. The fourth-order valence-electron chi connectivity index (χ4n) is 1.84. The molecule has 6 heteroatoms. The lowest BCUT2D eigenvalue weighted by atomic mass is 10.2. The number of pyridine rings is 1. The zero-order chi connectivity index (χ0) is 14.1. The Kier molecular flexibility index (Phi) is 2.90. The first-order chi connectivity index (χ1) is 9.63. The summed E-state index contributed by atoms with van der Waals surface area (Å²) in [7, 11) is 0. The number of anilines is 1. The number of halogens is 2. The van der Waals surface area contributed by atoms with E-state index in [0.29, 0.717) is 5.82 Å². The Bertz CT molecular complexity index is 798. The van der Waals surface area contributed by atoms with Gasteiger partial charge in [-0.2, -0.15) is 0 Å². The van der Waals surface area contributed by atoms with Gasteiger partial charge in [-0.3, -0.25) is 4.79 Å². The van der Waals surface area contributed by atoms with E-state index in [9.17, 15) is 13.6 Å². The van der Waals surface area contributed by atoms with Gasteiger partial charge in [-0.05, 0) is 30.3 Å². The Morgan fingerprint density at radius 3 is 2.80 bits per heavy atom. The van der Waals surface area contributed by atoms with E-state index >= 15 is 0 Å². The van der Waals surface area contributed by atoms with Crippen molar-refractivity contribution in [3.8, 4) is 0 Å². The van der Waals surface area contributed by atoms with Gasteiger partial charge in [-0.15, -0.1) is 0 Å². The maximum atomic E-state index is 13.1. The molecule has 0 unspecified atom stereocenters. The Morgan fingerprint density at radius 2 is 2.00 bits per heavy atom. The number of fused-ring (bicyclic) bond motifs is 1. The molecule has 2 aromatic heterocycles. The number of H-pyrrole nitrogens is 1. The summed E-state index contributed by atoms with van der Waals surface area (Å²) in [5.74, 6) is -2.27. The number of aromatic nitrogens is 2. The minimum atomic E-state index is -1.06. The predicted molar refractivity (Wildman–Crippen MR) is 70.4 cm³/mol. The average molecular weight is 273 g/mol. The summed E-state index contributed by atoms with van der Waals surface area (Å²) in [6.45, 7) is 0. The van der Waals surface area contributed by atoms with Gasteiger partial charge in [0.2, 0.25) is 0 Å². The van der Waals surface area contributed by atoms with Crippen LogP contribution in [-0.4, -0.2) is 15.9 Å². The van der Waals surface area contributed by atoms with Gasteiger partial charge in [-0.25, -0.2) is 13.8 Å². The molecule has 1 aromatic carbocycles. The van der Waals surface area contributed by atoms with E-state index in [1.807, 2.05) is 6.07 Å². The van der Waals surface area contributed by atoms with Crippen LogP contribution in [0.4, 0.5) is 14.6 Å². The molecular formula is C14H9F2N3O. The van der Waals surface area contributed by atoms with E-state index in [4.69, 9.17) is 0 Å². The molecule has 3 rings (SSSR count). The molecule has 0 aliphatic carbocycles. The van der Waals surface area contributed by atoms with Gasteiger partial charge in [0.15, 0.2) is 11.6 Å². The molecule has 0 spiro atoms. The van der Waals surface area contributed by atoms with Crippen molar-refractivity contribution in [3.63, 3.8) is 0 Å². The third kappa shape index (κ3) is 2.23. The number of hydrogen-bond donors (Lipinski definition) is 2. The van der Waals surface area contributed by atoms with E-state index in [0.717, 1.165) is 23.0 Å². The van der Waals surface area contributed by atoms with Crippen LogP contribution in [0.3, 0.4) is 0 Å². The Hall–Kier alpha value is -2.76. The van der Waals surface area contributed by atoms with E-state index in [1.54, 1.807) is 18.5 Å². The van der Waals surface area contributed by atoms with Gasteiger partial charge >= 0.3 is 0 Å². The number of carbonyl (C=O) groups is 1. The largest absolute Gasteiger partial charge is 0.360 e. The zero-order valence-electron chi connectivity index (χ0n) is 10.2. The molecule has 3 aromatic rings. The summed E-state index contributed by atoms with van der Waals surface area (Å²) >= 11 is 0. The van der Waals surface area contributed by atoms with Gasteiger partial charge in [0.1, 0.15) is 5.82 Å². The standard InChI is InChI=1S/C14H9F2N3O/c15-10-2-1-9(5-11(10)16)14(20)19-13-6-8-3-4-17-12(8)7-18-13/h1-7,17H,(H,18,19,20). The summed E-state index contributed by atoms with van der Waals surface area (Å²) in [5.41, 5.74) is 0.871. The van der Waals surface area contributed by atoms with Crippen LogP contribution in [-0.2, 0) is 0 Å². The number of benzene rings is 1. The van der Waals surface area contributed by atoms with E-state index in [2.05, 4.69) is 15.3 Å². The van der Waals surface area contributed by atoms with E-state index in [1.165, 1.54) is 6.07 Å². The quantitative estimate of drug-likeness (QED) is 0.753. The van der Waals surface area contributed by atoms with Crippen molar-refractivity contribution >= 4 is 22.6 Å². The SMILES string of the molecule is O=C(Nc1cc2cc[nH]c2cn1)c1ccc(F)c(F)c1. The molecule has 0 aliphatic heterocycles. The third-order valence-corrected chi connectivity index (χ3v) is 2.86. The van der Waals surface area contributed by atoms with Crippen LogP contribution in [0, 0.1) is 11.6 Å². The molecule has 0 bridgehead atoms. The minimum Gasteiger partial charge on any atom is -0.360 e. The predicted octanol–water partition coefficient (Wildman–Crippen LogP) is 3.09. The number of nitrogens with zero attached hydrogens (tertiary/aromatic N) is 1. The second-order valence-corrected chi connectivity index (χ2v) is 4.22. The summed E-state index contributed by atoms with van der Waals surface area (Å²) in [5, 5.41) is 3.42. The molecule has 0 atom stereocenters. The monoisotopic (exact) mass is 273 g/mol. The van der Waals surface area contributed by atoms with Crippen molar-refractivity contribution in [3.05, 3.63) is 59.9 Å². The first-order valence-electron chi connectivity index (χ1n) is 5.83. The van der Waals surface area contributed by atoms with Crippen molar-refractivity contribution in [2.75, 3.05) is 5.32 Å². The summed E-state index contributed by atoms with van der Waals surface area (Å²) in [4.78, 5) is 18.9. The van der Waals surface area contributed by atoms with Crippen molar-refractivity contribution in [2.45, 2.75) is 0 Å². The zero-order valence-corrected chi connectivity index (χ0v) is 10.2. The Labute approximate surface area is 112 Å². The van der Waals surface area contributed by atoms with Crippen molar-refractivity contribution in [1.29, 1.82) is 0 Å². The second kappa shape index (κ2) is 4.73. The molecule has 20 heavy (non-hydrogen) atoms. The topological polar surface area (TPSA) is 57.8 Å². The van der Waals surface area contributed by atoms with Crippen molar-refractivity contribution < 1.29 is 13.6 Å². The normalized spacial score (nSPS) is 10.7. The summed E-state index contributed by atoms with van der Waals surface area (Å²) < 4.78 is 25.9. The first kappa shape index (κ1) is 12.3. The molecule has 0 radical (unpaired) electrons. The van der Waals surface area contributed by atoms with Gasteiger partial charge in [0, 0.05) is 17.1 Å². The fraction of sp³-hybridized carbons (Fsp3) is 0. The highest BCUT2D eigenvalue weighted by atomic mass is 19.2. The summed E-state index contributed by atoms with van der Waals surface area (Å²) in [6, 6.07) is 6.49. The van der Waals surface area contributed by atoms with Crippen LogP contribution < -0.4 is 5.32 Å². The van der Waals surface area contributed by atoms with E-state index in [-0.39, 0.29) is 5.56 Å². The number of aromatic amines is 1. The maximum absolute atomic E-state index is 13.1. The summed E-state index contributed by atoms with van der Waals surface area (Å²) in [6.07, 6.45) is 3.34. The Morgan fingerprint density at radius 1 is 1.15 bits per heavy atom. The molecule has 2 heterocycles. The number of amides is 1. The van der Waals surface area contributed by atoms with Crippen LogP contribution in [0.5, 0.6) is 0 Å².